The summed E-state index contributed by atoms with van der Waals surface area (Å²) in [6.45, 7) is 8.62. The molecule has 196 valence electrons. The Bertz CT molecular complexity index is 1470. The van der Waals surface area contributed by atoms with Crippen molar-refractivity contribution >= 4 is 57.2 Å². The normalized spacial score (nSPS) is 13.7. The third-order valence-electron chi connectivity index (χ3n) is 7.08. The molecule has 38 heavy (non-hydrogen) atoms. The van der Waals surface area contributed by atoms with Crippen LogP contribution in [-0.2, 0) is 0 Å². The molecular formula is C30H29Cl2N3O3. The molecule has 0 unspecified atom stereocenters. The first-order valence-corrected chi connectivity index (χ1v) is 13.6. The number of nitrogens with zero attached hydrogens (tertiary/aromatic N) is 3. The van der Waals surface area contributed by atoms with Crippen LogP contribution in [0.4, 0.5) is 11.4 Å². The van der Waals surface area contributed by atoms with E-state index < -0.39 is 0 Å². The molecular weight excluding hydrogens is 521 g/mol. The fourth-order valence-electron chi connectivity index (χ4n) is 4.86. The molecule has 0 radical (unpaired) electrons. The summed E-state index contributed by atoms with van der Waals surface area (Å²) < 4.78 is 5.96. The molecule has 0 aliphatic carbocycles. The van der Waals surface area contributed by atoms with E-state index in [2.05, 4.69) is 29.7 Å². The van der Waals surface area contributed by atoms with Crippen LogP contribution in [0.2, 0.25) is 10.0 Å². The Morgan fingerprint density at radius 3 is 2.16 bits per heavy atom. The lowest BCUT2D eigenvalue weighted by Gasteiger charge is -2.36. The van der Waals surface area contributed by atoms with Crippen LogP contribution in [0.25, 0.3) is 11.0 Å². The number of fused-ring (bicyclic) bond motifs is 1. The van der Waals surface area contributed by atoms with E-state index in [4.69, 9.17) is 27.6 Å². The third kappa shape index (κ3) is 5.24. The van der Waals surface area contributed by atoms with E-state index in [-0.39, 0.29) is 11.7 Å². The van der Waals surface area contributed by atoms with Gasteiger partial charge in [0.25, 0.3) is 5.91 Å². The summed E-state index contributed by atoms with van der Waals surface area (Å²) in [5.74, 6) is 0.132. The number of anilines is 2. The molecule has 5 rings (SSSR count). The van der Waals surface area contributed by atoms with Crippen molar-refractivity contribution < 1.29 is 14.0 Å². The number of carbonyl (C=O) groups is 2. The number of piperazine rings is 1. The van der Waals surface area contributed by atoms with Gasteiger partial charge in [0, 0.05) is 73.2 Å². The number of carbonyl (C=O) groups excluding carboxylic acids is 2. The van der Waals surface area contributed by atoms with Crippen molar-refractivity contribution in [2.45, 2.75) is 13.8 Å². The first-order chi connectivity index (χ1) is 18.4. The number of ketones is 1. The number of benzene rings is 3. The van der Waals surface area contributed by atoms with E-state index in [0.29, 0.717) is 58.7 Å². The van der Waals surface area contributed by atoms with Crippen molar-refractivity contribution in [2.24, 2.45) is 0 Å². The molecule has 6 nitrogen and oxygen atoms in total. The molecule has 1 amide bonds. The van der Waals surface area contributed by atoms with Crippen LogP contribution >= 0.6 is 23.2 Å². The smallest absolute Gasteiger partial charge is 0.254 e. The van der Waals surface area contributed by atoms with Crippen molar-refractivity contribution in [3.8, 4) is 0 Å². The van der Waals surface area contributed by atoms with Crippen molar-refractivity contribution in [1.82, 2.24) is 4.90 Å². The summed E-state index contributed by atoms with van der Waals surface area (Å²) in [7, 11) is 0. The van der Waals surface area contributed by atoms with Gasteiger partial charge in [-0.1, -0.05) is 23.2 Å². The Balaban J connectivity index is 1.23. The van der Waals surface area contributed by atoms with Gasteiger partial charge in [0.2, 0.25) is 5.78 Å². The van der Waals surface area contributed by atoms with E-state index in [0.717, 1.165) is 29.9 Å². The minimum Gasteiger partial charge on any atom is -0.452 e. The molecule has 0 bridgehead atoms. The Morgan fingerprint density at radius 2 is 1.50 bits per heavy atom. The number of halogens is 2. The maximum absolute atomic E-state index is 13.2. The Labute approximate surface area is 232 Å². The van der Waals surface area contributed by atoms with Crippen LogP contribution in [0, 0.1) is 0 Å². The second-order valence-corrected chi connectivity index (χ2v) is 10.1. The fourth-order valence-corrected chi connectivity index (χ4v) is 5.16. The van der Waals surface area contributed by atoms with Crippen LogP contribution in [0.5, 0.6) is 0 Å². The van der Waals surface area contributed by atoms with Crippen LogP contribution in [0.15, 0.2) is 71.1 Å². The van der Waals surface area contributed by atoms with E-state index in [1.54, 1.807) is 18.2 Å². The van der Waals surface area contributed by atoms with E-state index in [1.165, 1.54) is 0 Å². The van der Waals surface area contributed by atoms with Crippen LogP contribution in [0.1, 0.15) is 40.3 Å². The topological polar surface area (TPSA) is 57.0 Å². The standard InChI is InChI=1S/C30H29Cl2N3O3/c1-3-33(4-2)24-11-7-21-18-28(38-27(21)19-24)29(36)20-5-9-23(10-6-20)34-13-15-35(16-14-34)30(37)22-8-12-25(31)26(32)17-22/h5-12,17-19H,3-4,13-16H2,1-2H3. The lowest BCUT2D eigenvalue weighted by Crippen LogP contribution is -2.48. The van der Waals surface area contributed by atoms with E-state index >= 15 is 0 Å². The van der Waals surface area contributed by atoms with Gasteiger partial charge in [-0.25, -0.2) is 0 Å². The van der Waals surface area contributed by atoms with Gasteiger partial charge in [-0.15, -0.1) is 0 Å². The maximum Gasteiger partial charge on any atom is 0.254 e. The predicted molar refractivity (Wildman–Crippen MR) is 154 cm³/mol. The highest BCUT2D eigenvalue weighted by Gasteiger charge is 2.23. The molecule has 1 aliphatic rings. The summed E-state index contributed by atoms with van der Waals surface area (Å²) in [5.41, 5.74) is 3.91. The van der Waals surface area contributed by atoms with Gasteiger partial charge in [0.1, 0.15) is 5.58 Å². The Kier molecular flexibility index (Phi) is 7.63. The first kappa shape index (κ1) is 26.1. The second-order valence-electron chi connectivity index (χ2n) is 9.29. The van der Waals surface area contributed by atoms with Crippen LogP contribution in [-0.4, -0.2) is 55.9 Å². The van der Waals surface area contributed by atoms with Gasteiger partial charge in [0.15, 0.2) is 5.76 Å². The molecule has 8 heteroatoms. The largest absolute Gasteiger partial charge is 0.452 e. The average Bonchev–Trinajstić information content (AvgIpc) is 3.38. The molecule has 0 N–H and O–H groups in total. The third-order valence-corrected chi connectivity index (χ3v) is 7.82. The van der Waals surface area contributed by atoms with Crippen molar-refractivity contribution in [3.05, 3.63) is 93.7 Å². The summed E-state index contributed by atoms with van der Waals surface area (Å²) >= 11 is 12.1. The second kappa shape index (κ2) is 11.1. The number of furan rings is 1. The highest BCUT2D eigenvalue weighted by molar-refractivity contribution is 6.42. The zero-order chi connectivity index (χ0) is 26.8. The van der Waals surface area contributed by atoms with E-state index in [1.807, 2.05) is 47.4 Å². The number of hydrogen-bond donors (Lipinski definition) is 0. The number of amides is 1. The monoisotopic (exact) mass is 549 g/mol. The van der Waals surface area contributed by atoms with Gasteiger partial charge in [0.05, 0.1) is 10.0 Å². The van der Waals surface area contributed by atoms with Crippen molar-refractivity contribution in [2.75, 3.05) is 49.1 Å². The number of hydrogen-bond acceptors (Lipinski definition) is 5. The lowest BCUT2D eigenvalue weighted by atomic mass is 10.1. The lowest BCUT2D eigenvalue weighted by molar-refractivity contribution is 0.0746. The SMILES string of the molecule is CCN(CC)c1ccc2cc(C(=O)c3ccc(N4CCN(C(=O)c5ccc(Cl)c(Cl)c5)CC4)cc3)oc2c1. The van der Waals surface area contributed by atoms with Gasteiger partial charge in [-0.05, 0) is 74.5 Å². The highest BCUT2D eigenvalue weighted by Crippen LogP contribution is 2.28. The molecule has 1 fully saturated rings. The molecule has 1 aromatic heterocycles. The first-order valence-electron chi connectivity index (χ1n) is 12.8. The van der Waals surface area contributed by atoms with Crippen molar-refractivity contribution in [1.29, 1.82) is 0 Å². The molecule has 4 aromatic rings. The molecule has 0 spiro atoms. The summed E-state index contributed by atoms with van der Waals surface area (Å²) in [5, 5.41) is 1.71. The fraction of sp³-hybridized carbons (Fsp3) is 0.267. The van der Waals surface area contributed by atoms with Crippen LogP contribution < -0.4 is 9.80 Å². The average molecular weight is 550 g/mol. The van der Waals surface area contributed by atoms with Crippen LogP contribution in [0.3, 0.4) is 0 Å². The molecule has 3 aromatic carbocycles. The highest BCUT2D eigenvalue weighted by atomic mass is 35.5. The number of rotatable bonds is 7. The predicted octanol–water partition coefficient (Wildman–Crippen LogP) is 6.78. The minimum absolute atomic E-state index is 0.0563. The maximum atomic E-state index is 13.2. The van der Waals surface area contributed by atoms with Crippen molar-refractivity contribution in [3.63, 3.8) is 0 Å². The van der Waals surface area contributed by atoms with E-state index in [9.17, 15) is 9.59 Å². The Hall–Kier alpha value is -3.48. The van der Waals surface area contributed by atoms with Gasteiger partial charge < -0.3 is 19.1 Å². The summed E-state index contributed by atoms with van der Waals surface area (Å²) in [6.07, 6.45) is 0. The van der Waals surface area contributed by atoms with Gasteiger partial charge in [-0.2, -0.15) is 0 Å². The minimum atomic E-state index is -0.144. The quantitative estimate of drug-likeness (QED) is 0.238. The zero-order valence-corrected chi connectivity index (χ0v) is 22.9. The molecule has 2 heterocycles. The van der Waals surface area contributed by atoms with Gasteiger partial charge in [-0.3, -0.25) is 9.59 Å². The zero-order valence-electron chi connectivity index (χ0n) is 21.4. The summed E-state index contributed by atoms with van der Waals surface area (Å²) in [4.78, 5) is 32.3. The van der Waals surface area contributed by atoms with Gasteiger partial charge >= 0.3 is 0 Å². The Morgan fingerprint density at radius 1 is 0.816 bits per heavy atom. The molecule has 1 saturated heterocycles. The molecule has 1 aliphatic heterocycles. The molecule has 0 atom stereocenters. The molecule has 0 saturated carbocycles. The summed E-state index contributed by atoms with van der Waals surface area (Å²) in [6, 6.07) is 20.4.